The fraction of sp³-hybridized carbons (Fsp3) is 0.464. The Balaban J connectivity index is 1.76. The fourth-order valence-electron chi connectivity index (χ4n) is 5.55. The van der Waals surface area contributed by atoms with Gasteiger partial charge in [-0.1, -0.05) is 11.3 Å². The molecule has 1 aliphatic rings. The van der Waals surface area contributed by atoms with E-state index in [1.807, 2.05) is 6.92 Å². The lowest BCUT2D eigenvalue weighted by Crippen LogP contribution is -2.57. The smallest absolute Gasteiger partial charge is 0.332 e. The molecule has 42 heavy (non-hydrogen) atoms. The van der Waals surface area contributed by atoms with E-state index in [1.54, 1.807) is 14.0 Å². The Bertz CT molecular complexity index is 1730. The lowest BCUT2D eigenvalue weighted by atomic mass is 9.90. The maximum Gasteiger partial charge on any atom is 0.332 e. The summed E-state index contributed by atoms with van der Waals surface area (Å²) >= 11 is 1.21. The third kappa shape index (κ3) is 5.25. The normalized spacial score (nSPS) is 18.1. The van der Waals surface area contributed by atoms with E-state index >= 15 is 0 Å². The predicted molar refractivity (Wildman–Crippen MR) is 154 cm³/mol. The molecule has 1 aliphatic heterocycles. The Labute approximate surface area is 244 Å². The van der Waals surface area contributed by atoms with Gasteiger partial charge in [0.1, 0.15) is 27.5 Å². The van der Waals surface area contributed by atoms with Crippen LogP contribution < -0.4 is 16.0 Å². The van der Waals surface area contributed by atoms with Gasteiger partial charge in [0, 0.05) is 38.2 Å². The van der Waals surface area contributed by atoms with Crippen molar-refractivity contribution in [2.75, 3.05) is 41.0 Å². The number of hydrogen-bond donors (Lipinski definition) is 0. The number of likely N-dealkylation sites (tertiary alicyclic amines) is 1. The summed E-state index contributed by atoms with van der Waals surface area (Å²) in [5.41, 5.74) is -0.960. The van der Waals surface area contributed by atoms with E-state index in [0.717, 1.165) is 0 Å². The summed E-state index contributed by atoms with van der Waals surface area (Å²) in [5.74, 6) is -0.153. The van der Waals surface area contributed by atoms with E-state index in [9.17, 15) is 18.8 Å². The molecule has 2 atom stereocenters. The van der Waals surface area contributed by atoms with Crippen molar-refractivity contribution < 1.29 is 23.4 Å². The van der Waals surface area contributed by atoms with Gasteiger partial charge in [0.25, 0.3) is 5.56 Å². The third-order valence-corrected chi connectivity index (χ3v) is 8.98. The van der Waals surface area contributed by atoms with E-state index in [2.05, 4.69) is 10.2 Å². The molecule has 0 aliphatic carbocycles. The zero-order valence-electron chi connectivity index (χ0n) is 24.1. The Morgan fingerprint density at radius 1 is 1.14 bits per heavy atom. The van der Waals surface area contributed by atoms with Crippen LogP contribution in [-0.4, -0.2) is 76.0 Å². The summed E-state index contributed by atoms with van der Waals surface area (Å²) in [6.07, 6.45) is 2.74. The average Bonchev–Trinajstić information content (AvgIpc) is 3.60. The first-order chi connectivity index (χ1) is 20.1. The van der Waals surface area contributed by atoms with Gasteiger partial charge in [0.2, 0.25) is 5.91 Å². The van der Waals surface area contributed by atoms with Crippen molar-refractivity contribution in [1.29, 1.82) is 0 Å². The van der Waals surface area contributed by atoms with Gasteiger partial charge in [-0.25, -0.2) is 9.18 Å². The van der Waals surface area contributed by atoms with Crippen molar-refractivity contribution >= 4 is 27.5 Å². The van der Waals surface area contributed by atoms with Crippen LogP contribution in [0.5, 0.6) is 5.75 Å². The second-order valence-electron chi connectivity index (χ2n) is 10.5. The topological polar surface area (TPSA) is 123 Å². The minimum atomic E-state index is -0.964. The van der Waals surface area contributed by atoms with Gasteiger partial charge in [-0.15, -0.1) is 4.80 Å². The van der Waals surface area contributed by atoms with Crippen LogP contribution in [-0.2, 0) is 26.4 Å². The predicted octanol–water partition coefficient (Wildman–Crippen LogP) is 2.63. The molecule has 12 nitrogen and oxygen atoms in total. The van der Waals surface area contributed by atoms with Gasteiger partial charge in [0.15, 0.2) is 0 Å². The Hall–Kier alpha value is -3.88. The quantitative estimate of drug-likeness (QED) is 0.255. The summed E-state index contributed by atoms with van der Waals surface area (Å²) in [5, 5.41) is 9.40. The molecule has 0 saturated carbocycles. The molecule has 0 unspecified atom stereocenters. The Kier molecular flexibility index (Phi) is 8.30. The molecule has 1 saturated heterocycles. The van der Waals surface area contributed by atoms with Crippen molar-refractivity contribution in [1.82, 2.24) is 29.0 Å². The molecule has 3 aromatic heterocycles. The number of aromatic nitrogens is 5. The second kappa shape index (κ2) is 11.8. The third-order valence-electron chi connectivity index (χ3n) is 7.70. The van der Waals surface area contributed by atoms with E-state index in [4.69, 9.17) is 14.2 Å². The summed E-state index contributed by atoms with van der Waals surface area (Å²) in [4.78, 5) is 44.3. The first kappa shape index (κ1) is 29.6. The number of piperidine rings is 1. The van der Waals surface area contributed by atoms with Crippen LogP contribution in [0.15, 0.2) is 40.2 Å². The number of fused-ring (bicyclic) bond motifs is 1. The molecule has 0 radical (unpaired) electrons. The molecule has 14 heteroatoms. The van der Waals surface area contributed by atoms with Crippen molar-refractivity contribution in [3.63, 3.8) is 0 Å². The highest BCUT2D eigenvalue weighted by atomic mass is 32.1. The molecule has 224 valence electrons. The van der Waals surface area contributed by atoms with Crippen LogP contribution in [0, 0.1) is 12.7 Å². The van der Waals surface area contributed by atoms with E-state index in [1.165, 1.54) is 75.0 Å². The van der Waals surface area contributed by atoms with E-state index in [0.29, 0.717) is 38.5 Å². The number of ether oxygens (including phenoxy) is 3. The highest BCUT2D eigenvalue weighted by Crippen LogP contribution is 2.35. The number of benzene rings is 1. The van der Waals surface area contributed by atoms with Gasteiger partial charge in [-0.2, -0.15) is 10.2 Å². The van der Waals surface area contributed by atoms with Crippen LogP contribution in [0.2, 0.25) is 0 Å². The second-order valence-corrected chi connectivity index (χ2v) is 11.5. The monoisotopic (exact) mass is 600 g/mol. The fourth-order valence-corrected chi connectivity index (χ4v) is 6.77. The van der Waals surface area contributed by atoms with Gasteiger partial charge >= 0.3 is 5.69 Å². The summed E-state index contributed by atoms with van der Waals surface area (Å²) in [7, 11) is 4.67. The number of nitrogens with zero attached hydrogens (tertiary/aromatic N) is 6. The summed E-state index contributed by atoms with van der Waals surface area (Å²) in [6.45, 7) is 4.16. The van der Waals surface area contributed by atoms with Gasteiger partial charge in [-0.3, -0.25) is 18.7 Å². The molecule has 0 spiro atoms. The number of hydrogen-bond acceptors (Lipinski definition) is 9. The highest BCUT2D eigenvalue weighted by Gasteiger charge is 2.39. The van der Waals surface area contributed by atoms with E-state index < -0.39 is 28.7 Å². The molecule has 5 rings (SSSR count). The van der Waals surface area contributed by atoms with Crippen molar-refractivity contribution in [2.24, 2.45) is 0 Å². The van der Waals surface area contributed by atoms with Crippen LogP contribution in [0.25, 0.3) is 15.2 Å². The minimum Gasteiger partial charge on any atom is -0.496 e. The molecule has 4 heterocycles. The average molecular weight is 601 g/mol. The first-order valence-electron chi connectivity index (χ1n) is 13.4. The molecule has 0 N–H and O–H groups in total. The summed E-state index contributed by atoms with van der Waals surface area (Å²) < 4.78 is 34.1. The van der Waals surface area contributed by atoms with Gasteiger partial charge in [0.05, 0.1) is 50.2 Å². The Morgan fingerprint density at radius 3 is 2.55 bits per heavy atom. The van der Waals surface area contributed by atoms with Crippen LogP contribution in [0.4, 0.5) is 4.39 Å². The highest BCUT2D eigenvalue weighted by molar-refractivity contribution is 7.21. The largest absolute Gasteiger partial charge is 0.496 e. The summed E-state index contributed by atoms with van der Waals surface area (Å²) in [6, 6.07) is 4.10. The molecule has 1 aromatic carbocycles. The molecule has 4 aromatic rings. The van der Waals surface area contributed by atoms with Crippen molar-refractivity contribution in [3.8, 4) is 10.8 Å². The maximum absolute atomic E-state index is 14.5. The minimum absolute atomic E-state index is 0.0505. The SMILES string of the molecule is COCCO[C@@H](Cn1c(=O)n([C@@]2(C)CCC(=O)N(C)C2)c(=O)c2c(C)c(-n3nccn3)sc21)c1cc(F)ccc1OC. The first-order valence-corrected chi connectivity index (χ1v) is 14.3. The number of halogens is 1. The number of amides is 1. The number of aryl methyl sites for hydroxylation is 1. The van der Waals surface area contributed by atoms with Crippen LogP contribution in [0.3, 0.4) is 0 Å². The van der Waals surface area contributed by atoms with E-state index in [-0.39, 0.29) is 38.6 Å². The lowest BCUT2D eigenvalue weighted by Gasteiger charge is -2.39. The van der Waals surface area contributed by atoms with Gasteiger partial charge in [-0.05, 0) is 38.5 Å². The number of methoxy groups -OCH3 is 2. The number of carbonyl (C=O) groups excluding carboxylic acids is 1. The number of rotatable bonds is 10. The zero-order valence-corrected chi connectivity index (χ0v) is 24.9. The van der Waals surface area contributed by atoms with Crippen molar-refractivity contribution in [3.05, 3.63) is 68.4 Å². The number of likely N-dealkylation sites (N-methyl/N-ethyl adjacent to an activating group) is 1. The van der Waals surface area contributed by atoms with Gasteiger partial charge < -0.3 is 19.1 Å². The molecule has 1 fully saturated rings. The molecular formula is C28H33FN6O6S. The standard InChI is InChI=1S/C28H33FN6O6S/c1-17-23-24(37)34(28(2)9-8-22(36)32(3)16-28)27(38)33(26(23)42-25(17)35-30-10-11-31-35)15-21(41-13-12-39-4)19-14-18(29)6-7-20(19)40-5/h6-7,10-11,14,21H,8-9,12-13,15-16H2,1-5H3/t21-,28-/m0/s1. The lowest BCUT2D eigenvalue weighted by molar-refractivity contribution is -0.135. The number of thiophene rings is 1. The molecule has 0 bridgehead atoms. The number of carbonyl (C=O) groups is 1. The van der Waals surface area contributed by atoms with Crippen LogP contribution in [0.1, 0.15) is 37.0 Å². The zero-order chi connectivity index (χ0) is 30.2. The molecule has 1 amide bonds. The maximum atomic E-state index is 14.5. The molecular weight excluding hydrogens is 567 g/mol. The van der Waals surface area contributed by atoms with Crippen molar-refractivity contribution in [2.45, 2.75) is 44.9 Å². The van der Waals surface area contributed by atoms with Crippen LogP contribution >= 0.6 is 11.3 Å². The Morgan fingerprint density at radius 2 is 1.88 bits per heavy atom.